The van der Waals surface area contributed by atoms with Crippen LogP contribution in [0.1, 0.15) is 18.1 Å². The summed E-state index contributed by atoms with van der Waals surface area (Å²) in [7, 11) is 3.97. The Bertz CT molecular complexity index is 798. The van der Waals surface area contributed by atoms with Gasteiger partial charge in [0.25, 0.3) is 0 Å². The van der Waals surface area contributed by atoms with Crippen LogP contribution in [-0.2, 0) is 13.0 Å². The van der Waals surface area contributed by atoms with Gasteiger partial charge in [0.1, 0.15) is 5.82 Å². The van der Waals surface area contributed by atoms with Gasteiger partial charge in [-0.2, -0.15) is 0 Å². The van der Waals surface area contributed by atoms with E-state index in [0.29, 0.717) is 13.3 Å². The molecule has 152 valence electrons. The molecule has 3 rings (SSSR count). The molecule has 1 aromatic carbocycles. The van der Waals surface area contributed by atoms with Gasteiger partial charge in [-0.25, -0.2) is 9.98 Å². The van der Waals surface area contributed by atoms with Crippen LogP contribution in [0.15, 0.2) is 41.5 Å². The molecule has 0 spiro atoms. The highest BCUT2D eigenvalue weighted by Gasteiger charge is 2.12. The standard InChI is InChI=1S/C20H27N5O2.HI/c1-4-21-20(24-13-16-8-9-22-19(12-16)25(2)3)23-10-7-15-5-6-17-18(11-15)27-14-26-17;/h5-6,8-9,11-12H,4,7,10,13-14H2,1-3H3,(H2,21,23,24);1H. The normalized spacial score (nSPS) is 12.3. The van der Waals surface area contributed by atoms with Crippen molar-refractivity contribution >= 4 is 35.8 Å². The molecule has 0 aliphatic carbocycles. The van der Waals surface area contributed by atoms with Crippen molar-refractivity contribution in [2.75, 3.05) is 38.9 Å². The first-order valence-corrected chi connectivity index (χ1v) is 9.18. The van der Waals surface area contributed by atoms with Gasteiger partial charge in [-0.15, -0.1) is 24.0 Å². The highest BCUT2D eigenvalue weighted by Crippen LogP contribution is 2.32. The van der Waals surface area contributed by atoms with Crippen molar-refractivity contribution in [2.45, 2.75) is 19.9 Å². The molecule has 0 bridgehead atoms. The number of aliphatic imine (C=N–C) groups is 1. The molecule has 0 radical (unpaired) electrons. The van der Waals surface area contributed by atoms with E-state index in [-0.39, 0.29) is 24.0 Å². The maximum atomic E-state index is 5.43. The summed E-state index contributed by atoms with van der Waals surface area (Å²) < 4.78 is 10.8. The molecular weight excluding hydrogens is 469 g/mol. The van der Waals surface area contributed by atoms with Gasteiger partial charge in [-0.3, -0.25) is 0 Å². The number of guanidine groups is 1. The van der Waals surface area contributed by atoms with E-state index in [1.54, 1.807) is 0 Å². The number of hydrogen-bond acceptors (Lipinski definition) is 5. The maximum absolute atomic E-state index is 5.43. The van der Waals surface area contributed by atoms with E-state index in [4.69, 9.17) is 9.47 Å². The molecule has 2 heterocycles. The Balaban J connectivity index is 0.00000280. The second kappa shape index (κ2) is 10.9. The number of hydrogen-bond donors (Lipinski definition) is 2. The number of fused-ring (bicyclic) bond motifs is 1. The summed E-state index contributed by atoms with van der Waals surface area (Å²) >= 11 is 0. The zero-order valence-electron chi connectivity index (χ0n) is 16.6. The summed E-state index contributed by atoms with van der Waals surface area (Å²) in [5.41, 5.74) is 2.33. The van der Waals surface area contributed by atoms with E-state index in [9.17, 15) is 0 Å². The fraction of sp³-hybridized carbons (Fsp3) is 0.400. The molecule has 0 saturated heterocycles. The zero-order valence-corrected chi connectivity index (χ0v) is 18.9. The van der Waals surface area contributed by atoms with Gasteiger partial charge in [-0.05, 0) is 48.7 Å². The fourth-order valence-corrected chi connectivity index (χ4v) is 2.74. The zero-order chi connectivity index (χ0) is 19.1. The minimum absolute atomic E-state index is 0. The molecule has 28 heavy (non-hydrogen) atoms. The Morgan fingerprint density at radius 1 is 1.11 bits per heavy atom. The van der Waals surface area contributed by atoms with Gasteiger partial charge in [-0.1, -0.05) is 6.07 Å². The lowest BCUT2D eigenvalue weighted by Crippen LogP contribution is -2.38. The Morgan fingerprint density at radius 2 is 1.93 bits per heavy atom. The molecule has 1 aliphatic heterocycles. The SMILES string of the molecule is CCNC(=NCc1ccnc(N(C)C)c1)NCCc1ccc2c(c1)OCO2.I. The highest BCUT2D eigenvalue weighted by molar-refractivity contribution is 14.0. The average molecular weight is 497 g/mol. The van der Waals surface area contributed by atoms with Gasteiger partial charge in [0.05, 0.1) is 6.54 Å². The predicted molar refractivity (Wildman–Crippen MR) is 123 cm³/mol. The summed E-state index contributed by atoms with van der Waals surface area (Å²) in [4.78, 5) is 11.0. The average Bonchev–Trinajstić information content (AvgIpc) is 3.14. The molecule has 7 nitrogen and oxygen atoms in total. The molecule has 0 amide bonds. The van der Waals surface area contributed by atoms with Crippen molar-refractivity contribution in [3.05, 3.63) is 47.7 Å². The fourth-order valence-electron chi connectivity index (χ4n) is 2.74. The van der Waals surface area contributed by atoms with E-state index < -0.39 is 0 Å². The summed E-state index contributed by atoms with van der Waals surface area (Å²) in [6.07, 6.45) is 2.70. The number of benzene rings is 1. The Labute approximate surface area is 183 Å². The van der Waals surface area contributed by atoms with Gasteiger partial charge < -0.3 is 25.0 Å². The van der Waals surface area contributed by atoms with Crippen LogP contribution in [-0.4, -0.2) is 44.9 Å². The van der Waals surface area contributed by atoms with Crippen molar-refractivity contribution in [3.8, 4) is 11.5 Å². The largest absolute Gasteiger partial charge is 0.454 e. The Kier molecular flexibility index (Phi) is 8.62. The molecule has 1 aromatic heterocycles. The predicted octanol–water partition coefficient (Wildman–Crippen LogP) is 2.79. The first-order valence-electron chi connectivity index (χ1n) is 9.18. The number of pyridine rings is 1. The number of nitrogens with zero attached hydrogens (tertiary/aromatic N) is 3. The third-order valence-electron chi connectivity index (χ3n) is 4.18. The number of nitrogens with one attached hydrogen (secondary N) is 2. The second-order valence-electron chi connectivity index (χ2n) is 6.48. The van der Waals surface area contributed by atoms with E-state index >= 15 is 0 Å². The molecule has 2 N–H and O–H groups in total. The summed E-state index contributed by atoms with van der Waals surface area (Å²) in [6.45, 7) is 4.56. The second-order valence-corrected chi connectivity index (χ2v) is 6.48. The van der Waals surface area contributed by atoms with Gasteiger partial charge in [0, 0.05) is 33.4 Å². The van der Waals surface area contributed by atoms with Crippen LogP contribution < -0.4 is 25.0 Å². The van der Waals surface area contributed by atoms with E-state index in [1.165, 1.54) is 5.56 Å². The molecule has 0 saturated carbocycles. The van der Waals surface area contributed by atoms with Crippen LogP contribution in [0.3, 0.4) is 0 Å². The van der Waals surface area contributed by atoms with Crippen molar-refractivity contribution in [1.82, 2.24) is 15.6 Å². The topological polar surface area (TPSA) is 71.0 Å². The smallest absolute Gasteiger partial charge is 0.231 e. The van der Waals surface area contributed by atoms with E-state index in [0.717, 1.165) is 48.4 Å². The lowest BCUT2D eigenvalue weighted by atomic mass is 10.1. The molecular formula is C20H28IN5O2. The maximum Gasteiger partial charge on any atom is 0.231 e. The quantitative estimate of drug-likeness (QED) is 0.349. The van der Waals surface area contributed by atoms with Crippen molar-refractivity contribution < 1.29 is 9.47 Å². The van der Waals surface area contributed by atoms with Crippen LogP contribution in [0.2, 0.25) is 0 Å². The minimum atomic E-state index is 0. The Hall–Kier alpha value is -2.23. The van der Waals surface area contributed by atoms with Gasteiger partial charge in [0.15, 0.2) is 17.5 Å². The number of anilines is 1. The van der Waals surface area contributed by atoms with Crippen LogP contribution in [0.25, 0.3) is 0 Å². The number of aromatic nitrogens is 1. The summed E-state index contributed by atoms with van der Waals surface area (Å²) in [5.74, 6) is 3.38. The van der Waals surface area contributed by atoms with Crippen LogP contribution in [0.5, 0.6) is 11.5 Å². The van der Waals surface area contributed by atoms with Gasteiger partial charge in [0.2, 0.25) is 6.79 Å². The van der Waals surface area contributed by atoms with Crippen molar-refractivity contribution in [2.24, 2.45) is 4.99 Å². The molecule has 8 heteroatoms. The number of rotatable bonds is 7. The molecule has 1 aliphatic rings. The first kappa shape index (κ1) is 22.1. The first-order chi connectivity index (χ1) is 13.2. The summed E-state index contributed by atoms with van der Waals surface area (Å²) in [5, 5.41) is 6.67. The molecule has 2 aromatic rings. The van der Waals surface area contributed by atoms with Gasteiger partial charge >= 0.3 is 0 Å². The molecule has 0 atom stereocenters. The Morgan fingerprint density at radius 3 is 2.71 bits per heavy atom. The van der Waals surface area contributed by atoms with E-state index in [2.05, 4.69) is 39.7 Å². The monoisotopic (exact) mass is 497 g/mol. The lowest BCUT2D eigenvalue weighted by Gasteiger charge is -2.13. The molecule has 0 fully saturated rings. The van der Waals surface area contributed by atoms with Crippen molar-refractivity contribution in [1.29, 1.82) is 0 Å². The van der Waals surface area contributed by atoms with Crippen LogP contribution in [0, 0.1) is 0 Å². The third kappa shape index (κ3) is 6.15. The van der Waals surface area contributed by atoms with Crippen molar-refractivity contribution in [3.63, 3.8) is 0 Å². The number of ether oxygens (including phenoxy) is 2. The lowest BCUT2D eigenvalue weighted by molar-refractivity contribution is 0.174. The number of halogens is 1. The highest BCUT2D eigenvalue weighted by atomic mass is 127. The van der Waals surface area contributed by atoms with Crippen LogP contribution in [0.4, 0.5) is 5.82 Å². The summed E-state index contributed by atoms with van der Waals surface area (Å²) in [6, 6.07) is 10.1. The van der Waals surface area contributed by atoms with E-state index in [1.807, 2.05) is 43.4 Å². The minimum Gasteiger partial charge on any atom is -0.454 e. The molecule has 0 unspecified atom stereocenters. The third-order valence-corrected chi connectivity index (χ3v) is 4.18. The van der Waals surface area contributed by atoms with Crippen LogP contribution >= 0.6 is 24.0 Å².